The zero-order valence-electron chi connectivity index (χ0n) is 13.6. The molecular formula is C17H21BrO6. The third-order valence-corrected chi connectivity index (χ3v) is 4.32. The van der Waals surface area contributed by atoms with Gasteiger partial charge < -0.3 is 23.7 Å². The maximum atomic E-state index is 11.7. The van der Waals surface area contributed by atoms with E-state index < -0.39 is 30.4 Å². The van der Waals surface area contributed by atoms with E-state index in [0.717, 1.165) is 5.56 Å². The number of rotatable bonds is 6. The van der Waals surface area contributed by atoms with Gasteiger partial charge in [0, 0.05) is 0 Å². The zero-order valence-corrected chi connectivity index (χ0v) is 15.2. The van der Waals surface area contributed by atoms with E-state index in [4.69, 9.17) is 23.7 Å². The molecule has 1 aromatic rings. The molecule has 0 radical (unpaired) electrons. The Balaban J connectivity index is 1.60. The van der Waals surface area contributed by atoms with Crippen molar-refractivity contribution in [3.63, 3.8) is 0 Å². The minimum atomic E-state index is -0.760. The zero-order chi connectivity index (χ0) is 17.2. The molecule has 0 spiro atoms. The van der Waals surface area contributed by atoms with Crippen LogP contribution in [0.2, 0.25) is 0 Å². The minimum absolute atomic E-state index is 0.114. The van der Waals surface area contributed by atoms with Gasteiger partial charge in [0.25, 0.3) is 0 Å². The van der Waals surface area contributed by atoms with Crippen molar-refractivity contribution in [3.05, 3.63) is 35.9 Å². The Morgan fingerprint density at radius 2 is 2.00 bits per heavy atom. The van der Waals surface area contributed by atoms with E-state index in [1.54, 1.807) is 13.8 Å². The van der Waals surface area contributed by atoms with Crippen LogP contribution in [-0.4, -0.2) is 48.3 Å². The van der Waals surface area contributed by atoms with Crippen molar-refractivity contribution in [2.75, 3.05) is 11.9 Å². The average molecular weight is 401 g/mol. The molecule has 0 unspecified atom stereocenters. The maximum absolute atomic E-state index is 11.7. The van der Waals surface area contributed by atoms with Gasteiger partial charge in [-0.15, -0.1) is 0 Å². The number of hydrogen-bond acceptors (Lipinski definition) is 6. The highest BCUT2D eigenvalue weighted by molar-refractivity contribution is 9.09. The average Bonchev–Trinajstić information content (AvgIpc) is 3.01. The SMILES string of the molecule is CC1(C)O[C@H]2O[C@H](COCc3ccccc3)[C@H](OC(=O)CBr)[C@H]2O1. The summed E-state index contributed by atoms with van der Waals surface area (Å²) in [5.74, 6) is -1.13. The summed E-state index contributed by atoms with van der Waals surface area (Å²) in [6.07, 6.45) is -1.99. The molecule has 4 atom stereocenters. The lowest BCUT2D eigenvalue weighted by Crippen LogP contribution is -2.40. The number of ether oxygens (including phenoxy) is 5. The number of carbonyl (C=O) groups is 1. The molecule has 6 nitrogen and oxygen atoms in total. The first-order valence-electron chi connectivity index (χ1n) is 7.87. The third-order valence-electron chi connectivity index (χ3n) is 3.86. The Kier molecular flexibility index (Phi) is 5.56. The number of halogens is 1. The molecule has 24 heavy (non-hydrogen) atoms. The normalized spacial score (nSPS) is 31.0. The van der Waals surface area contributed by atoms with E-state index >= 15 is 0 Å². The molecule has 132 valence electrons. The van der Waals surface area contributed by atoms with Gasteiger partial charge in [-0.1, -0.05) is 46.3 Å². The standard InChI is InChI=1S/C17H21BrO6/c1-17(2)23-15-14(22-13(19)8-18)12(21-16(15)24-17)10-20-9-11-6-4-3-5-7-11/h3-7,12,14-16H,8-10H2,1-2H3/t12-,14+,15-,16-/m1/s1. The van der Waals surface area contributed by atoms with Crippen molar-refractivity contribution in [2.45, 2.75) is 50.8 Å². The Hall–Kier alpha value is -0.990. The van der Waals surface area contributed by atoms with E-state index in [0.29, 0.717) is 6.61 Å². The lowest BCUT2D eigenvalue weighted by molar-refractivity contribution is -0.223. The highest BCUT2D eigenvalue weighted by Gasteiger charge is 2.56. The minimum Gasteiger partial charge on any atom is -0.456 e. The van der Waals surface area contributed by atoms with Crippen molar-refractivity contribution in [1.82, 2.24) is 0 Å². The number of alkyl halides is 1. The molecule has 0 saturated carbocycles. The molecule has 0 aliphatic carbocycles. The van der Waals surface area contributed by atoms with Crippen molar-refractivity contribution in [2.24, 2.45) is 0 Å². The quantitative estimate of drug-likeness (QED) is 0.539. The lowest BCUT2D eigenvalue weighted by atomic mass is 10.1. The van der Waals surface area contributed by atoms with Gasteiger partial charge in [0.05, 0.1) is 13.2 Å². The van der Waals surface area contributed by atoms with Crippen LogP contribution in [-0.2, 0) is 35.1 Å². The lowest BCUT2D eigenvalue weighted by Gasteiger charge is -2.25. The second-order valence-corrected chi connectivity index (χ2v) is 6.79. The summed E-state index contributed by atoms with van der Waals surface area (Å²) in [6, 6.07) is 9.85. The largest absolute Gasteiger partial charge is 0.456 e. The highest BCUT2D eigenvalue weighted by atomic mass is 79.9. The third kappa shape index (κ3) is 4.15. The first-order valence-corrected chi connectivity index (χ1v) is 8.99. The Morgan fingerprint density at radius 3 is 2.71 bits per heavy atom. The van der Waals surface area contributed by atoms with Crippen LogP contribution < -0.4 is 0 Å². The maximum Gasteiger partial charge on any atom is 0.317 e. The van der Waals surface area contributed by atoms with Gasteiger partial charge in [-0.05, 0) is 19.4 Å². The van der Waals surface area contributed by atoms with Gasteiger partial charge in [-0.25, -0.2) is 0 Å². The summed E-state index contributed by atoms with van der Waals surface area (Å²) in [5.41, 5.74) is 1.07. The van der Waals surface area contributed by atoms with E-state index in [-0.39, 0.29) is 17.9 Å². The van der Waals surface area contributed by atoms with Crippen LogP contribution in [0.3, 0.4) is 0 Å². The molecule has 2 heterocycles. The van der Waals surface area contributed by atoms with Crippen LogP contribution in [0.15, 0.2) is 30.3 Å². The number of benzene rings is 1. The number of esters is 1. The second kappa shape index (κ2) is 7.49. The fourth-order valence-electron chi connectivity index (χ4n) is 2.87. The summed E-state index contributed by atoms with van der Waals surface area (Å²) >= 11 is 3.10. The summed E-state index contributed by atoms with van der Waals surface area (Å²) in [6.45, 7) is 4.36. The molecule has 2 aliphatic heterocycles. The predicted molar refractivity (Wildman–Crippen MR) is 88.5 cm³/mol. The smallest absolute Gasteiger partial charge is 0.317 e. The fourth-order valence-corrected chi connectivity index (χ4v) is 3.01. The first-order chi connectivity index (χ1) is 11.5. The van der Waals surface area contributed by atoms with Crippen molar-refractivity contribution >= 4 is 21.9 Å². The van der Waals surface area contributed by atoms with Gasteiger partial charge in [0.1, 0.15) is 11.4 Å². The molecule has 3 rings (SSSR count). The van der Waals surface area contributed by atoms with Crippen LogP contribution in [0.25, 0.3) is 0 Å². The van der Waals surface area contributed by atoms with Crippen molar-refractivity contribution in [1.29, 1.82) is 0 Å². The molecule has 2 fully saturated rings. The Labute approximate surface area is 149 Å². The fraction of sp³-hybridized carbons (Fsp3) is 0.588. The van der Waals surface area contributed by atoms with Gasteiger partial charge >= 0.3 is 5.97 Å². The predicted octanol–water partition coefficient (Wildman–Crippen LogP) is 2.39. The van der Waals surface area contributed by atoms with E-state index in [2.05, 4.69) is 15.9 Å². The topological polar surface area (TPSA) is 63.2 Å². The molecule has 7 heteroatoms. The number of hydrogen-bond donors (Lipinski definition) is 0. The summed E-state index contributed by atoms with van der Waals surface area (Å²) in [4.78, 5) is 11.7. The molecular weight excluding hydrogens is 380 g/mol. The van der Waals surface area contributed by atoms with Crippen LogP contribution in [0, 0.1) is 0 Å². The first kappa shape index (κ1) is 17.8. The van der Waals surface area contributed by atoms with Gasteiger partial charge in [0.2, 0.25) is 0 Å². The van der Waals surface area contributed by atoms with Crippen LogP contribution in [0.4, 0.5) is 0 Å². The van der Waals surface area contributed by atoms with E-state index in [1.807, 2.05) is 30.3 Å². The molecule has 0 aromatic heterocycles. The van der Waals surface area contributed by atoms with Crippen molar-refractivity contribution in [3.8, 4) is 0 Å². The van der Waals surface area contributed by atoms with Gasteiger partial charge in [0.15, 0.2) is 24.3 Å². The van der Waals surface area contributed by atoms with Crippen molar-refractivity contribution < 1.29 is 28.5 Å². The molecule has 0 bridgehead atoms. The monoisotopic (exact) mass is 400 g/mol. The molecule has 0 N–H and O–H groups in total. The number of fused-ring (bicyclic) bond motifs is 1. The second-order valence-electron chi connectivity index (χ2n) is 6.23. The summed E-state index contributed by atoms with van der Waals surface area (Å²) in [7, 11) is 0. The van der Waals surface area contributed by atoms with Gasteiger partial charge in [-0.2, -0.15) is 0 Å². The van der Waals surface area contributed by atoms with Crippen LogP contribution >= 0.6 is 15.9 Å². The summed E-state index contributed by atoms with van der Waals surface area (Å²) < 4.78 is 28.6. The molecule has 0 amide bonds. The molecule has 2 aliphatic rings. The van der Waals surface area contributed by atoms with E-state index in [1.165, 1.54) is 0 Å². The van der Waals surface area contributed by atoms with Crippen LogP contribution in [0.1, 0.15) is 19.4 Å². The highest BCUT2D eigenvalue weighted by Crippen LogP contribution is 2.38. The summed E-state index contributed by atoms with van der Waals surface area (Å²) in [5, 5.41) is 0.114. The Morgan fingerprint density at radius 1 is 1.25 bits per heavy atom. The molecule has 1 aromatic carbocycles. The molecule has 2 saturated heterocycles. The Bertz CT molecular complexity index is 563. The van der Waals surface area contributed by atoms with E-state index in [9.17, 15) is 4.79 Å². The van der Waals surface area contributed by atoms with Gasteiger partial charge in [-0.3, -0.25) is 4.79 Å². The number of carbonyl (C=O) groups excluding carboxylic acids is 1. The van der Waals surface area contributed by atoms with Crippen LogP contribution in [0.5, 0.6) is 0 Å².